The second-order valence-corrected chi connectivity index (χ2v) is 2.59. The molecule has 0 radical (unpaired) electrons. The minimum atomic E-state index is -2.46. The van der Waals surface area contributed by atoms with Crippen LogP contribution >= 0.6 is 0 Å². The van der Waals surface area contributed by atoms with E-state index in [2.05, 4.69) is 10.4 Å². The molecular formula is C7H10F2N4O. The molecule has 1 aromatic rings. The number of hydrogen-bond acceptors (Lipinski definition) is 3. The fourth-order valence-electron chi connectivity index (χ4n) is 0.881. The number of alkyl halides is 2. The first-order chi connectivity index (χ1) is 6.61. The summed E-state index contributed by atoms with van der Waals surface area (Å²) in [4.78, 5) is 10.8. The number of nitrogens with two attached hydrogens (primary N) is 1. The number of nitrogens with zero attached hydrogens (tertiary/aromatic N) is 2. The summed E-state index contributed by atoms with van der Waals surface area (Å²) in [6.45, 7) is -0.640. The predicted octanol–water partition coefficient (Wildman–Crippen LogP) is 0.0454. The Morgan fingerprint density at radius 1 is 1.71 bits per heavy atom. The van der Waals surface area contributed by atoms with Crippen molar-refractivity contribution in [3.8, 4) is 0 Å². The van der Waals surface area contributed by atoms with Crippen molar-refractivity contribution in [2.24, 2.45) is 5.73 Å². The summed E-state index contributed by atoms with van der Waals surface area (Å²) in [7, 11) is 0. The van der Waals surface area contributed by atoms with Crippen molar-refractivity contribution in [2.45, 2.75) is 13.0 Å². The van der Waals surface area contributed by atoms with E-state index in [0.717, 1.165) is 4.68 Å². The van der Waals surface area contributed by atoms with E-state index < -0.39 is 13.0 Å². The third-order valence-electron chi connectivity index (χ3n) is 1.43. The Hall–Kier alpha value is -1.50. The molecule has 0 unspecified atom stereocenters. The van der Waals surface area contributed by atoms with Crippen molar-refractivity contribution < 1.29 is 13.6 Å². The first-order valence-electron chi connectivity index (χ1n) is 3.92. The molecule has 0 aliphatic rings. The summed E-state index contributed by atoms with van der Waals surface area (Å²) in [5.41, 5.74) is 5.41. The van der Waals surface area contributed by atoms with Crippen LogP contribution in [-0.2, 0) is 11.3 Å². The van der Waals surface area contributed by atoms with Crippen molar-refractivity contribution in [1.29, 1.82) is 0 Å². The van der Waals surface area contributed by atoms with Crippen molar-refractivity contribution in [2.75, 3.05) is 11.9 Å². The monoisotopic (exact) mass is 204 g/mol. The summed E-state index contributed by atoms with van der Waals surface area (Å²) in [6, 6.07) is 0. The summed E-state index contributed by atoms with van der Waals surface area (Å²) in [5.74, 6) is -0.387. The maximum atomic E-state index is 11.9. The number of carbonyl (C=O) groups is 1. The molecule has 1 amide bonds. The normalized spacial score (nSPS) is 10.6. The van der Waals surface area contributed by atoms with Crippen LogP contribution in [0.25, 0.3) is 0 Å². The van der Waals surface area contributed by atoms with Gasteiger partial charge < -0.3 is 11.1 Å². The quantitative estimate of drug-likeness (QED) is 0.727. The van der Waals surface area contributed by atoms with Gasteiger partial charge in [-0.25, -0.2) is 8.78 Å². The maximum Gasteiger partial charge on any atom is 0.257 e. The molecule has 0 atom stereocenters. The van der Waals surface area contributed by atoms with Gasteiger partial charge in [-0.15, -0.1) is 0 Å². The fourth-order valence-corrected chi connectivity index (χ4v) is 0.881. The topological polar surface area (TPSA) is 72.9 Å². The number of aromatic nitrogens is 2. The largest absolute Gasteiger partial charge is 0.322 e. The third kappa shape index (κ3) is 3.09. The molecule has 1 rings (SSSR count). The zero-order chi connectivity index (χ0) is 10.6. The highest BCUT2D eigenvalue weighted by Gasteiger charge is 2.06. The van der Waals surface area contributed by atoms with Gasteiger partial charge in [-0.3, -0.25) is 9.48 Å². The zero-order valence-electron chi connectivity index (χ0n) is 7.28. The standard InChI is InChI=1S/C7H10F2N4O/c8-6(9)4-13-3-5(2-11-13)12-7(14)1-10/h2-3,6H,1,4,10H2,(H,12,14). The predicted molar refractivity (Wildman–Crippen MR) is 45.9 cm³/mol. The van der Waals surface area contributed by atoms with E-state index in [0.29, 0.717) is 5.69 Å². The number of rotatable bonds is 4. The van der Waals surface area contributed by atoms with Gasteiger partial charge in [0.1, 0.15) is 6.54 Å². The van der Waals surface area contributed by atoms with Crippen molar-refractivity contribution in [3.63, 3.8) is 0 Å². The molecule has 0 spiro atoms. The Labute approximate surface area is 78.9 Å². The van der Waals surface area contributed by atoms with Crippen LogP contribution in [0.2, 0.25) is 0 Å². The van der Waals surface area contributed by atoms with Crippen molar-refractivity contribution >= 4 is 11.6 Å². The Morgan fingerprint density at radius 2 is 2.43 bits per heavy atom. The molecule has 0 saturated heterocycles. The molecule has 0 saturated carbocycles. The second kappa shape index (κ2) is 4.66. The third-order valence-corrected chi connectivity index (χ3v) is 1.43. The Bertz CT molecular complexity index is 312. The van der Waals surface area contributed by atoms with Crippen LogP contribution in [0.15, 0.2) is 12.4 Å². The van der Waals surface area contributed by atoms with Crippen LogP contribution in [0.4, 0.5) is 14.5 Å². The van der Waals surface area contributed by atoms with Crippen LogP contribution in [0, 0.1) is 0 Å². The van der Waals surface area contributed by atoms with Gasteiger partial charge in [-0.05, 0) is 0 Å². The average molecular weight is 204 g/mol. The molecule has 14 heavy (non-hydrogen) atoms. The van der Waals surface area contributed by atoms with Crippen LogP contribution in [0.5, 0.6) is 0 Å². The zero-order valence-corrected chi connectivity index (χ0v) is 7.28. The number of amides is 1. The minimum Gasteiger partial charge on any atom is -0.322 e. The van der Waals surface area contributed by atoms with E-state index in [1.165, 1.54) is 12.4 Å². The van der Waals surface area contributed by atoms with E-state index in [4.69, 9.17) is 5.73 Å². The summed E-state index contributed by atoms with van der Waals surface area (Å²) < 4.78 is 24.8. The average Bonchev–Trinajstić information content (AvgIpc) is 2.51. The van der Waals surface area contributed by atoms with E-state index in [9.17, 15) is 13.6 Å². The summed E-state index contributed by atoms with van der Waals surface area (Å²) in [5, 5.41) is 6.02. The van der Waals surface area contributed by atoms with E-state index in [-0.39, 0.29) is 12.5 Å². The van der Waals surface area contributed by atoms with Gasteiger partial charge in [0, 0.05) is 6.20 Å². The number of carbonyl (C=O) groups excluding carboxylic acids is 1. The molecule has 1 aromatic heterocycles. The highest BCUT2D eigenvalue weighted by atomic mass is 19.3. The first-order valence-corrected chi connectivity index (χ1v) is 3.92. The number of halogens is 2. The lowest BCUT2D eigenvalue weighted by atomic mass is 10.5. The molecular weight excluding hydrogens is 194 g/mol. The van der Waals surface area contributed by atoms with E-state index in [1.807, 2.05) is 0 Å². The van der Waals surface area contributed by atoms with Crippen LogP contribution in [-0.4, -0.2) is 28.7 Å². The van der Waals surface area contributed by atoms with E-state index >= 15 is 0 Å². The molecule has 0 aliphatic heterocycles. The van der Waals surface area contributed by atoms with Gasteiger partial charge >= 0.3 is 0 Å². The highest BCUT2D eigenvalue weighted by molar-refractivity contribution is 5.91. The molecule has 7 heteroatoms. The van der Waals surface area contributed by atoms with Gasteiger partial charge in [0.15, 0.2) is 0 Å². The van der Waals surface area contributed by atoms with Crippen LogP contribution < -0.4 is 11.1 Å². The SMILES string of the molecule is NCC(=O)Nc1cnn(CC(F)F)c1. The van der Waals surface area contributed by atoms with Gasteiger partial charge in [0.05, 0.1) is 18.4 Å². The minimum absolute atomic E-state index is 0.153. The lowest BCUT2D eigenvalue weighted by Gasteiger charge is -1.99. The molecule has 0 aliphatic carbocycles. The van der Waals surface area contributed by atoms with Crippen molar-refractivity contribution in [3.05, 3.63) is 12.4 Å². The molecule has 0 fully saturated rings. The number of anilines is 1. The lowest BCUT2D eigenvalue weighted by molar-refractivity contribution is -0.114. The van der Waals surface area contributed by atoms with Gasteiger partial charge in [-0.2, -0.15) is 5.10 Å². The number of nitrogens with one attached hydrogen (secondary N) is 1. The molecule has 0 aromatic carbocycles. The Kier molecular flexibility index (Phi) is 3.52. The van der Waals surface area contributed by atoms with Crippen molar-refractivity contribution in [1.82, 2.24) is 9.78 Å². The molecule has 0 bridgehead atoms. The molecule has 1 heterocycles. The van der Waals surface area contributed by atoms with Gasteiger partial charge in [0.25, 0.3) is 6.43 Å². The highest BCUT2D eigenvalue weighted by Crippen LogP contribution is 2.06. The van der Waals surface area contributed by atoms with Gasteiger partial charge in [0.2, 0.25) is 5.91 Å². The smallest absolute Gasteiger partial charge is 0.257 e. The first kappa shape index (κ1) is 10.6. The molecule has 78 valence electrons. The second-order valence-electron chi connectivity index (χ2n) is 2.59. The maximum absolute atomic E-state index is 11.9. The summed E-state index contributed by atoms with van der Waals surface area (Å²) in [6.07, 6.45) is 0.142. The Balaban J connectivity index is 2.55. The lowest BCUT2D eigenvalue weighted by Crippen LogP contribution is -2.21. The molecule has 5 nitrogen and oxygen atoms in total. The van der Waals surface area contributed by atoms with E-state index in [1.54, 1.807) is 0 Å². The van der Waals surface area contributed by atoms with Crippen LogP contribution in [0.1, 0.15) is 0 Å². The fraction of sp³-hybridized carbons (Fsp3) is 0.429. The number of hydrogen-bond donors (Lipinski definition) is 2. The van der Waals surface area contributed by atoms with Gasteiger partial charge in [-0.1, -0.05) is 0 Å². The molecule has 3 N–H and O–H groups in total. The van der Waals surface area contributed by atoms with Crippen LogP contribution in [0.3, 0.4) is 0 Å². The Morgan fingerprint density at radius 3 is 3.00 bits per heavy atom. The summed E-state index contributed by atoms with van der Waals surface area (Å²) >= 11 is 0.